The van der Waals surface area contributed by atoms with Gasteiger partial charge >= 0.3 is 0 Å². The molecule has 4 heteroatoms. The highest BCUT2D eigenvalue weighted by atomic mass is 35.5. The second kappa shape index (κ2) is 5.66. The van der Waals surface area contributed by atoms with Crippen molar-refractivity contribution in [2.45, 2.75) is 18.7 Å². The number of hydrogen-bond donors (Lipinski definition) is 0. The Balaban J connectivity index is 2.38. The van der Waals surface area contributed by atoms with E-state index in [1.165, 1.54) is 6.07 Å². The summed E-state index contributed by atoms with van der Waals surface area (Å²) in [5.41, 5.74) is 1.70. The first-order valence-electron chi connectivity index (χ1n) is 5.91. The van der Waals surface area contributed by atoms with Gasteiger partial charge < -0.3 is 0 Å². The van der Waals surface area contributed by atoms with Crippen molar-refractivity contribution in [3.8, 4) is 0 Å². The lowest BCUT2D eigenvalue weighted by Crippen LogP contribution is -2.01. The normalized spacial score (nSPS) is 12.5. The van der Waals surface area contributed by atoms with Crippen LogP contribution in [0.15, 0.2) is 36.4 Å². The molecule has 0 radical (unpaired) electrons. The largest absolute Gasteiger partial charge is 0.204 e. The maximum atomic E-state index is 13.6. The highest BCUT2D eigenvalue weighted by Crippen LogP contribution is 2.32. The van der Waals surface area contributed by atoms with Gasteiger partial charge in [0.1, 0.15) is 0 Å². The summed E-state index contributed by atoms with van der Waals surface area (Å²) in [6.45, 7) is 2.02. The average molecular weight is 285 g/mol. The third-order valence-electron chi connectivity index (χ3n) is 3.02. The number of hydrogen-bond acceptors (Lipinski definition) is 0. The molecule has 19 heavy (non-hydrogen) atoms. The number of rotatable bonds is 3. The van der Waals surface area contributed by atoms with Gasteiger partial charge in [-0.1, -0.05) is 37.3 Å². The summed E-state index contributed by atoms with van der Waals surface area (Å²) in [6, 6.07) is 9.32. The van der Waals surface area contributed by atoms with Crippen molar-refractivity contribution < 1.29 is 13.2 Å². The van der Waals surface area contributed by atoms with Gasteiger partial charge in [0.05, 0.1) is 5.38 Å². The van der Waals surface area contributed by atoms with E-state index in [-0.39, 0.29) is 5.56 Å². The number of aryl methyl sites for hydroxylation is 1. The minimum Gasteiger partial charge on any atom is -0.204 e. The van der Waals surface area contributed by atoms with E-state index in [2.05, 4.69) is 0 Å². The number of halogens is 4. The van der Waals surface area contributed by atoms with E-state index in [0.717, 1.165) is 18.1 Å². The van der Waals surface area contributed by atoms with E-state index in [1.54, 1.807) is 12.1 Å². The summed E-state index contributed by atoms with van der Waals surface area (Å²) < 4.78 is 39.7. The predicted molar refractivity (Wildman–Crippen MR) is 69.8 cm³/mol. The molecule has 0 saturated carbocycles. The first kappa shape index (κ1) is 13.9. The molecule has 0 heterocycles. The van der Waals surface area contributed by atoms with Crippen LogP contribution in [-0.4, -0.2) is 0 Å². The van der Waals surface area contributed by atoms with Gasteiger partial charge in [-0.15, -0.1) is 11.6 Å². The third kappa shape index (κ3) is 2.76. The molecule has 0 aliphatic heterocycles. The maximum Gasteiger partial charge on any atom is 0.194 e. The SMILES string of the molecule is CCc1ccc(C(Cl)c2ccc(F)c(F)c2F)cc1. The molecule has 0 spiro atoms. The molecule has 0 aromatic heterocycles. The van der Waals surface area contributed by atoms with E-state index < -0.39 is 22.8 Å². The molecule has 0 nitrogen and oxygen atoms in total. The Bertz CT molecular complexity index is 579. The van der Waals surface area contributed by atoms with Gasteiger partial charge in [0.2, 0.25) is 0 Å². The Hall–Kier alpha value is -1.48. The lowest BCUT2D eigenvalue weighted by atomic mass is 10.0. The average Bonchev–Trinajstić information content (AvgIpc) is 2.44. The van der Waals surface area contributed by atoms with Crippen LogP contribution in [0, 0.1) is 17.5 Å². The minimum atomic E-state index is -1.49. The van der Waals surface area contributed by atoms with E-state index in [1.807, 2.05) is 19.1 Å². The summed E-state index contributed by atoms with van der Waals surface area (Å²) in [4.78, 5) is 0. The summed E-state index contributed by atoms with van der Waals surface area (Å²) in [5, 5.41) is -0.846. The zero-order chi connectivity index (χ0) is 14.0. The molecule has 100 valence electrons. The van der Waals surface area contributed by atoms with Crippen molar-refractivity contribution in [1.82, 2.24) is 0 Å². The van der Waals surface area contributed by atoms with Crippen LogP contribution in [0.4, 0.5) is 13.2 Å². The fraction of sp³-hybridized carbons (Fsp3) is 0.200. The van der Waals surface area contributed by atoms with Crippen LogP contribution in [0.2, 0.25) is 0 Å². The Morgan fingerprint density at radius 3 is 2.16 bits per heavy atom. The first-order valence-corrected chi connectivity index (χ1v) is 6.34. The van der Waals surface area contributed by atoms with Crippen LogP contribution >= 0.6 is 11.6 Å². The number of alkyl halides is 1. The minimum absolute atomic E-state index is 0.0650. The van der Waals surface area contributed by atoms with Crippen molar-refractivity contribution in [3.63, 3.8) is 0 Å². The van der Waals surface area contributed by atoms with Crippen molar-refractivity contribution >= 4 is 11.6 Å². The van der Waals surface area contributed by atoms with Crippen molar-refractivity contribution in [2.24, 2.45) is 0 Å². The van der Waals surface area contributed by atoms with Gasteiger partial charge in [0.25, 0.3) is 0 Å². The molecule has 2 rings (SSSR count). The van der Waals surface area contributed by atoms with E-state index in [0.29, 0.717) is 5.56 Å². The molecule has 0 amide bonds. The number of benzene rings is 2. The van der Waals surface area contributed by atoms with Gasteiger partial charge in [-0.25, -0.2) is 13.2 Å². The molecule has 0 bridgehead atoms. The first-order chi connectivity index (χ1) is 9.04. The molecule has 0 N–H and O–H groups in total. The van der Waals surface area contributed by atoms with Crippen LogP contribution in [0.5, 0.6) is 0 Å². The van der Waals surface area contributed by atoms with Crippen LogP contribution < -0.4 is 0 Å². The molecule has 1 unspecified atom stereocenters. The predicted octanol–water partition coefficient (Wildman–Crippen LogP) is 4.99. The lowest BCUT2D eigenvalue weighted by molar-refractivity contribution is 0.441. The van der Waals surface area contributed by atoms with Gasteiger partial charge in [-0.05, 0) is 23.6 Å². The Morgan fingerprint density at radius 1 is 0.947 bits per heavy atom. The zero-order valence-electron chi connectivity index (χ0n) is 10.3. The van der Waals surface area contributed by atoms with Gasteiger partial charge in [-0.2, -0.15) is 0 Å². The van der Waals surface area contributed by atoms with Crippen molar-refractivity contribution in [3.05, 3.63) is 70.5 Å². The maximum absolute atomic E-state index is 13.6. The molecule has 2 aromatic carbocycles. The molecule has 1 atom stereocenters. The summed E-state index contributed by atoms with van der Waals surface area (Å²) in [5.74, 6) is -3.95. The second-order valence-corrected chi connectivity index (χ2v) is 4.66. The molecule has 0 fully saturated rings. The molecule has 2 aromatic rings. The summed E-state index contributed by atoms with van der Waals surface area (Å²) in [7, 11) is 0. The Morgan fingerprint density at radius 2 is 1.58 bits per heavy atom. The van der Waals surface area contributed by atoms with E-state index in [9.17, 15) is 13.2 Å². The quantitative estimate of drug-likeness (QED) is 0.550. The summed E-state index contributed by atoms with van der Waals surface area (Å²) in [6.07, 6.45) is 0.882. The molecule has 0 saturated heterocycles. The molecular formula is C15H12ClF3. The highest BCUT2D eigenvalue weighted by Gasteiger charge is 2.20. The molecular weight excluding hydrogens is 273 g/mol. The monoisotopic (exact) mass is 284 g/mol. The topological polar surface area (TPSA) is 0 Å². The fourth-order valence-corrected chi connectivity index (χ4v) is 2.15. The zero-order valence-corrected chi connectivity index (χ0v) is 11.0. The van der Waals surface area contributed by atoms with Crippen molar-refractivity contribution in [1.29, 1.82) is 0 Å². The fourth-order valence-electron chi connectivity index (χ4n) is 1.84. The van der Waals surface area contributed by atoms with E-state index >= 15 is 0 Å². The Labute approximate surface area is 114 Å². The smallest absolute Gasteiger partial charge is 0.194 e. The van der Waals surface area contributed by atoms with E-state index in [4.69, 9.17) is 11.6 Å². The third-order valence-corrected chi connectivity index (χ3v) is 3.51. The van der Waals surface area contributed by atoms with Crippen molar-refractivity contribution in [2.75, 3.05) is 0 Å². The molecule has 0 aliphatic rings. The van der Waals surface area contributed by atoms with Gasteiger partial charge in [0, 0.05) is 5.56 Å². The highest BCUT2D eigenvalue weighted by molar-refractivity contribution is 6.22. The Kier molecular flexibility index (Phi) is 4.15. The lowest BCUT2D eigenvalue weighted by Gasteiger charge is -2.12. The second-order valence-electron chi connectivity index (χ2n) is 4.22. The van der Waals surface area contributed by atoms with Gasteiger partial charge in [0.15, 0.2) is 17.5 Å². The van der Waals surface area contributed by atoms with Crippen LogP contribution in [-0.2, 0) is 6.42 Å². The van der Waals surface area contributed by atoms with Gasteiger partial charge in [-0.3, -0.25) is 0 Å². The van der Waals surface area contributed by atoms with Crippen LogP contribution in [0.25, 0.3) is 0 Å². The standard InChI is InChI=1S/C15H12ClF3/c1-2-9-3-5-10(6-4-9)13(16)11-7-8-12(17)15(19)14(11)18/h3-8,13H,2H2,1H3. The van der Waals surface area contributed by atoms with Crippen LogP contribution in [0.3, 0.4) is 0 Å². The van der Waals surface area contributed by atoms with Crippen LogP contribution in [0.1, 0.15) is 29.0 Å². The summed E-state index contributed by atoms with van der Waals surface area (Å²) >= 11 is 6.13. The molecule has 0 aliphatic carbocycles.